The Hall–Kier alpha value is -3.74. The van der Waals surface area contributed by atoms with Crippen LogP contribution in [0.4, 0.5) is 5.82 Å². The second kappa shape index (κ2) is 6.77. The van der Waals surface area contributed by atoms with Gasteiger partial charge >= 0.3 is 5.91 Å². The molecule has 0 unspecified atom stereocenters. The third-order valence-corrected chi connectivity index (χ3v) is 4.63. The minimum Gasteiger partial charge on any atom is -0.507 e. The number of aryl methyl sites for hydroxylation is 2. The van der Waals surface area contributed by atoms with E-state index in [0.717, 1.165) is 5.56 Å². The van der Waals surface area contributed by atoms with Gasteiger partial charge in [-0.2, -0.15) is 0 Å². The molecule has 3 aromatic rings. The van der Waals surface area contributed by atoms with Crippen molar-refractivity contribution >= 4 is 23.3 Å². The van der Waals surface area contributed by atoms with Crippen molar-refractivity contribution in [3.63, 3.8) is 0 Å². The first-order chi connectivity index (χ1) is 13.5. The molecule has 1 aromatic carbocycles. The molecule has 1 saturated heterocycles. The van der Waals surface area contributed by atoms with Gasteiger partial charge in [-0.05, 0) is 25.5 Å². The van der Waals surface area contributed by atoms with Crippen LogP contribution in [0.15, 0.2) is 65.0 Å². The summed E-state index contributed by atoms with van der Waals surface area (Å²) >= 11 is 0. The number of hydrogen-bond acceptors (Lipinski definition) is 6. The first kappa shape index (κ1) is 17.7. The van der Waals surface area contributed by atoms with Gasteiger partial charge in [0.15, 0.2) is 5.82 Å². The Kier molecular flexibility index (Phi) is 4.27. The third kappa shape index (κ3) is 2.87. The predicted molar refractivity (Wildman–Crippen MR) is 101 cm³/mol. The number of anilines is 1. The van der Waals surface area contributed by atoms with Crippen molar-refractivity contribution in [1.29, 1.82) is 0 Å². The molecule has 28 heavy (non-hydrogen) atoms. The molecule has 7 heteroatoms. The highest BCUT2D eigenvalue weighted by atomic mass is 16.5. The molecule has 2 aromatic heterocycles. The van der Waals surface area contributed by atoms with Crippen LogP contribution in [0, 0.1) is 13.8 Å². The molecule has 1 aliphatic rings. The van der Waals surface area contributed by atoms with Gasteiger partial charge in [-0.15, -0.1) is 0 Å². The van der Waals surface area contributed by atoms with E-state index in [4.69, 9.17) is 4.52 Å². The number of benzene rings is 1. The van der Waals surface area contributed by atoms with Gasteiger partial charge in [-0.3, -0.25) is 19.5 Å². The van der Waals surface area contributed by atoms with Gasteiger partial charge in [0.2, 0.25) is 0 Å². The number of aliphatic hydroxyl groups is 1. The molecule has 0 spiro atoms. The van der Waals surface area contributed by atoms with Crippen LogP contribution in [0.25, 0.3) is 5.76 Å². The summed E-state index contributed by atoms with van der Waals surface area (Å²) in [5, 5.41) is 14.8. The average molecular weight is 375 g/mol. The highest BCUT2D eigenvalue weighted by molar-refractivity contribution is 6.51. The van der Waals surface area contributed by atoms with E-state index in [0.29, 0.717) is 16.9 Å². The first-order valence-electron chi connectivity index (χ1n) is 8.68. The monoisotopic (exact) mass is 375 g/mol. The van der Waals surface area contributed by atoms with Gasteiger partial charge in [-0.25, -0.2) is 0 Å². The summed E-state index contributed by atoms with van der Waals surface area (Å²) in [5.74, 6) is -1.10. The van der Waals surface area contributed by atoms with Gasteiger partial charge in [0.05, 0.1) is 11.6 Å². The van der Waals surface area contributed by atoms with E-state index in [1.165, 1.54) is 4.90 Å². The summed E-state index contributed by atoms with van der Waals surface area (Å²) in [7, 11) is 0. The lowest BCUT2D eigenvalue weighted by atomic mass is 9.96. The molecule has 0 saturated carbocycles. The maximum atomic E-state index is 12.9. The zero-order valence-electron chi connectivity index (χ0n) is 15.3. The summed E-state index contributed by atoms with van der Waals surface area (Å²) in [6.07, 6.45) is 3.15. The lowest BCUT2D eigenvalue weighted by molar-refractivity contribution is -0.132. The largest absolute Gasteiger partial charge is 0.507 e. The summed E-state index contributed by atoms with van der Waals surface area (Å²) < 4.78 is 5.09. The minimum atomic E-state index is -0.862. The highest BCUT2D eigenvalue weighted by Gasteiger charge is 2.48. The van der Waals surface area contributed by atoms with Crippen molar-refractivity contribution in [2.24, 2.45) is 0 Å². The molecule has 1 N–H and O–H groups in total. The number of ketones is 1. The predicted octanol–water partition coefficient (Wildman–Crippen LogP) is 3.31. The topological polar surface area (TPSA) is 96.5 Å². The van der Waals surface area contributed by atoms with Crippen LogP contribution in [0.2, 0.25) is 0 Å². The molecule has 3 heterocycles. The molecule has 1 fully saturated rings. The third-order valence-electron chi connectivity index (χ3n) is 4.63. The lowest BCUT2D eigenvalue weighted by Crippen LogP contribution is -2.29. The highest BCUT2D eigenvalue weighted by Crippen LogP contribution is 2.41. The molecule has 1 amide bonds. The number of nitrogens with zero attached hydrogens (tertiary/aromatic N) is 3. The Labute approximate surface area is 160 Å². The fourth-order valence-corrected chi connectivity index (χ4v) is 3.26. The molecule has 4 rings (SSSR count). The van der Waals surface area contributed by atoms with Gasteiger partial charge in [0.25, 0.3) is 5.78 Å². The van der Waals surface area contributed by atoms with Crippen molar-refractivity contribution in [2.75, 3.05) is 4.90 Å². The maximum Gasteiger partial charge on any atom is 0.301 e. The van der Waals surface area contributed by atoms with Crippen molar-refractivity contribution in [3.8, 4) is 0 Å². The zero-order chi connectivity index (χ0) is 19.8. The van der Waals surface area contributed by atoms with Gasteiger partial charge < -0.3 is 9.63 Å². The van der Waals surface area contributed by atoms with Crippen LogP contribution in [-0.2, 0) is 9.59 Å². The van der Waals surface area contributed by atoms with Crippen molar-refractivity contribution in [2.45, 2.75) is 19.9 Å². The molecule has 7 nitrogen and oxygen atoms in total. The lowest BCUT2D eigenvalue weighted by Gasteiger charge is -2.22. The maximum absolute atomic E-state index is 12.9. The van der Waals surface area contributed by atoms with E-state index in [2.05, 4.69) is 10.1 Å². The second-order valence-corrected chi connectivity index (χ2v) is 6.62. The summed E-state index contributed by atoms with van der Waals surface area (Å²) in [5.41, 5.74) is 2.03. The summed E-state index contributed by atoms with van der Waals surface area (Å²) in [6, 6.07) is 11.2. The summed E-state index contributed by atoms with van der Waals surface area (Å²) in [4.78, 5) is 31.0. The molecular weight excluding hydrogens is 358 g/mol. The first-order valence-corrected chi connectivity index (χ1v) is 8.68. The molecule has 0 bridgehead atoms. The van der Waals surface area contributed by atoms with E-state index in [9.17, 15) is 14.7 Å². The standard InChI is InChI=1S/C21H17N3O4/c1-12-5-7-14(8-6-12)19(25)17-18(15-4-3-9-22-11-15)24(21(27)20(17)26)16-10-13(2)28-23-16/h3-11,18,25H,1-2H3/t18-/m0/s1. The fraction of sp³-hybridized carbons (Fsp3) is 0.143. The Morgan fingerprint density at radius 2 is 1.89 bits per heavy atom. The summed E-state index contributed by atoms with van der Waals surface area (Å²) in [6.45, 7) is 3.61. The SMILES string of the molecule is Cc1ccc(C(O)=C2C(=O)C(=O)N(c3cc(C)on3)[C@H]2c2cccnc2)cc1. The van der Waals surface area contributed by atoms with Crippen LogP contribution >= 0.6 is 0 Å². The molecule has 140 valence electrons. The van der Waals surface area contributed by atoms with Crippen LogP contribution in [0.1, 0.15) is 28.5 Å². The fourth-order valence-electron chi connectivity index (χ4n) is 3.26. The molecule has 1 atom stereocenters. The number of aromatic nitrogens is 2. The number of pyridine rings is 1. The van der Waals surface area contributed by atoms with Gasteiger partial charge in [-0.1, -0.05) is 41.1 Å². The number of aliphatic hydroxyl groups excluding tert-OH is 1. The van der Waals surface area contributed by atoms with Gasteiger partial charge in [0.1, 0.15) is 11.5 Å². The Balaban J connectivity index is 1.93. The number of hydrogen-bond donors (Lipinski definition) is 1. The number of carbonyl (C=O) groups is 2. The quantitative estimate of drug-likeness (QED) is 0.429. The molecule has 0 aliphatic carbocycles. The molecular formula is C21H17N3O4. The van der Waals surface area contributed by atoms with Crippen molar-refractivity contribution in [1.82, 2.24) is 10.1 Å². The molecule has 1 aliphatic heterocycles. The Morgan fingerprint density at radius 3 is 2.50 bits per heavy atom. The second-order valence-electron chi connectivity index (χ2n) is 6.62. The van der Waals surface area contributed by atoms with Crippen LogP contribution in [0.3, 0.4) is 0 Å². The van der Waals surface area contributed by atoms with Gasteiger partial charge in [0, 0.05) is 24.0 Å². The van der Waals surface area contributed by atoms with Crippen LogP contribution in [-0.4, -0.2) is 26.9 Å². The van der Waals surface area contributed by atoms with E-state index in [-0.39, 0.29) is 17.2 Å². The number of amides is 1. The normalized spacial score (nSPS) is 18.6. The molecule has 0 radical (unpaired) electrons. The zero-order valence-corrected chi connectivity index (χ0v) is 15.3. The van der Waals surface area contributed by atoms with E-state index in [1.54, 1.807) is 49.6 Å². The average Bonchev–Trinajstić information content (AvgIpc) is 3.24. The Bertz CT molecular complexity index is 1080. The van der Waals surface area contributed by atoms with E-state index in [1.807, 2.05) is 19.1 Å². The van der Waals surface area contributed by atoms with E-state index < -0.39 is 17.7 Å². The minimum absolute atomic E-state index is 0.0116. The number of rotatable bonds is 3. The smallest absolute Gasteiger partial charge is 0.301 e. The number of carbonyl (C=O) groups excluding carboxylic acids is 2. The van der Waals surface area contributed by atoms with Crippen LogP contribution in [0.5, 0.6) is 0 Å². The van der Waals surface area contributed by atoms with E-state index >= 15 is 0 Å². The van der Waals surface area contributed by atoms with Crippen molar-refractivity contribution in [3.05, 3.63) is 82.9 Å². The van der Waals surface area contributed by atoms with Crippen LogP contribution < -0.4 is 4.90 Å². The van der Waals surface area contributed by atoms with Crippen molar-refractivity contribution < 1.29 is 19.2 Å². The Morgan fingerprint density at radius 1 is 1.14 bits per heavy atom. The number of Topliss-reactive ketones (excluding diaryl/α,β-unsaturated/α-hetero) is 1.